The molecule has 0 radical (unpaired) electrons. The van der Waals surface area contributed by atoms with E-state index in [0.29, 0.717) is 0 Å². The maximum atomic E-state index is 6.02. The molecule has 3 rings (SSSR count). The zero-order valence-corrected chi connectivity index (χ0v) is 17.8. The van der Waals surface area contributed by atoms with Gasteiger partial charge in [0.1, 0.15) is 5.75 Å². The second-order valence-electron chi connectivity index (χ2n) is 8.92. The van der Waals surface area contributed by atoms with Gasteiger partial charge in [-0.2, -0.15) is 0 Å². The van der Waals surface area contributed by atoms with E-state index in [4.69, 9.17) is 9.47 Å². The van der Waals surface area contributed by atoms with Crippen molar-refractivity contribution in [3.8, 4) is 5.75 Å². The average Bonchev–Trinajstić information content (AvgIpc) is 2.66. The summed E-state index contributed by atoms with van der Waals surface area (Å²) in [6.07, 6.45) is 3.48. The van der Waals surface area contributed by atoms with Crippen LogP contribution in [0.3, 0.4) is 0 Å². The van der Waals surface area contributed by atoms with Crippen LogP contribution in [0.2, 0.25) is 0 Å². The minimum atomic E-state index is -0.0691. The van der Waals surface area contributed by atoms with E-state index < -0.39 is 0 Å². The van der Waals surface area contributed by atoms with Crippen molar-refractivity contribution in [2.45, 2.75) is 70.6 Å². The van der Waals surface area contributed by atoms with Crippen molar-refractivity contribution >= 4 is 0 Å². The molecule has 2 aromatic rings. The number of benzene rings is 2. The number of hydrogen-bond donors (Lipinski definition) is 1. The SMILES string of the molecule is CC(C)Oc1ccc(CNCCC2(c3ccccc3)CCOC(C)(C)C2)cc1. The third-order valence-electron chi connectivity index (χ3n) is 5.63. The van der Waals surface area contributed by atoms with Gasteiger partial charge in [-0.1, -0.05) is 42.5 Å². The van der Waals surface area contributed by atoms with Crippen LogP contribution in [0, 0.1) is 0 Å². The minimum Gasteiger partial charge on any atom is -0.491 e. The zero-order valence-electron chi connectivity index (χ0n) is 17.8. The van der Waals surface area contributed by atoms with Crippen LogP contribution in [0.15, 0.2) is 54.6 Å². The quantitative estimate of drug-likeness (QED) is 0.614. The minimum absolute atomic E-state index is 0.0691. The lowest BCUT2D eigenvalue weighted by Gasteiger charge is -2.45. The van der Waals surface area contributed by atoms with Gasteiger partial charge in [-0.3, -0.25) is 0 Å². The van der Waals surface area contributed by atoms with E-state index >= 15 is 0 Å². The Morgan fingerprint density at radius 1 is 1.04 bits per heavy atom. The molecule has 1 N–H and O–H groups in total. The monoisotopic (exact) mass is 381 g/mol. The lowest BCUT2D eigenvalue weighted by atomic mass is 9.67. The van der Waals surface area contributed by atoms with E-state index in [9.17, 15) is 0 Å². The first-order valence-corrected chi connectivity index (χ1v) is 10.5. The third kappa shape index (κ3) is 5.59. The van der Waals surface area contributed by atoms with Crippen molar-refractivity contribution in [2.75, 3.05) is 13.2 Å². The van der Waals surface area contributed by atoms with Gasteiger partial charge in [-0.15, -0.1) is 0 Å². The fourth-order valence-electron chi connectivity index (χ4n) is 4.39. The Morgan fingerprint density at radius 3 is 2.39 bits per heavy atom. The van der Waals surface area contributed by atoms with Gasteiger partial charge in [0.2, 0.25) is 0 Å². The summed E-state index contributed by atoms with van der Waals surface area (Å²) in [5.41, 5.74) is 2.85. The topological polar surface area (TPSA) is 30.5 Å². The van der Waals surface area contributed by atoms with Crippen LogP contribution in [-0.4, -0.2) is 24.9 Å². The Labute approximate surface area is 170 Å². The Morgan fingerprint density at radius 2 is 1.75 bits per heavy atom. The second kappa shape index (κ2) is 9.11. The van der Waals surface area contributed by atoms with Gasteiger partial charge in [-0.05, 0) is 76.8 Å². The number of nitrogens with one attached hydrogen (secondary N) is 1. The molecule has 3 heteroatoms. The summed E-state index contributed by atoms with van der Waals surface area (Å²) >= 11 is 0. The van der Waals surface area contributed by atoms with E-state index in [1.54, 1.807) is 0 Å². The molecule has 0 saturated carbocycles. The fourth-order valence-corrected chi connectivity index (χ4v) is 4.39. The summed E-state index contributed by atoms with van der Waals surface area (Å²) in [5, 5.41) is 3.65. The molecule has 1 aliphatic heterocycles. The summed E-state index contributed by atoms with van der Waals surface area (Å²) in [7, 11) is 0. The molecule has 0 aromatic heterocycles. The van der Waals surface area contributed by atoms with Gasteiger partial charge in [-0.25, -0.2) is 0 Å². The third-order valence-corrected chi connectivity index (χ3v) is 5.63. The Balaban J connectivity index is 1.59. The van der Waals surface area contributed by atoms with Crippen LogP contribution >= 0.6 is 0 Å². The van der Waals surface area contributed by atoms with Crippen LogP contribution in [0.25, 0.3) is 0 Å². The molecule has 1 heterocycles. The average molecular weight is 382 g/mol. The maximum absolute atomic E-state index is 6.02. The van der Waals surface area contributed by atoms with Crippen LogP contribution in [0.4, 0.5) is 0 Å². The molecule has 28 heavy (non-hydrogen) atoms. The van der Waals surface area contributed by atoms with Crippen molar-refractivity contribution in [1.82, 2.24) is 5.32 Å². The molecule has 1 unspecified atom stereocenters. The summed E-state index contributed by atoms with van der Waals surface area (Å²) in [5.74, 6) is 0.936. The van der Waals surface area contributed by atoms with Crippen LogP contribution < -0.4 is 10.1 Å². The highest BCUT2D eigenvalue weighted by Crippen LogP contribution is 2.43. The molecule has 3 nitrogen and oxygen atoms in total. The van der Waals surface area contributed by atoms with Gasteiger partial charge in [0.15, 0.2) is 0 Å². The molecule has 152 valence electrons. The second-order valence-corrected chi connectivity index (χ2v) is 8.92. The van der Waals surface area contributed by atoms with Crippen molar-refractivity contribution in [1.29, 1.82) is 0 Å². The molecule has 0 aliphatic carbocycles. The molecular weight excluding hydrogens is 346 g/mol. The molecule has 0 amide bonds. The molecule has 0 bridgehead atoms. The molecule has 1 saturated heterocycles. The first-order chi connectivity index (χ1) is 13.4. The van der Waals surface area contributed by atoms with E-state index in [2.05, 4.69) is 87.6 Å². The first-order valence-electron chi connectivity index (χ1n) is 10.5. The summed E-state index contributed by atoms with van der Waals surface area (Å²) in [4.78, 5) is 0. The lowest BCUT2D eigenvalue weighted by Crippen LogP contribution is -2.45. The Kier molecular flexibility index (Phi) is 6.79. The number of rotatable bonds is 8. The van der Waals surface area contributed by atoms with Crippen molar-refractivity contribution < 1.29 is 9.47 Å². The fraction of sp³-hybridized carbons (Fsp3) is 0.520. The largest absolute Gasteiger partial charge is 0.491 e. The van der Waals surface area contributed by atoms with Gasteiger partial charge in [0.25, 0.3) is 0 Å². The molecule has 1 atom stereocenters. The van der Waals surface area contributed by atoms with Crippen molar-refractivity contribution in [2.24, 2.45) is 0 Å². The van der Waals surface area contributed by atoms with Crippen molar-refractivity contribution in [3.05, 3.63) is 65.7 Å². The summed E-state index contributed by atoms with van der Waals surface area (Å²) in [6.45, 7) is 11.3. The Hall–Kier alpha value is -1.84. The highest BCUT2D eigenvalue weighted by molar-refractivity contribution is 5.28. The number of ether oxygens (including phenoxy) is 2. The van der Waals surface area contributed by atoms with Gasteiger partial charge >= 0.3 is 0 Å². The predicted molar refractivity (Wildman–Crippen MR) is 116 cm³/mol. The number of hydrogen-bond acceptors (Lipinski definition) is 3. The molecule has 0 spiro atoms. The summed E-state index contributed by atoms with van der Waals surface area (Å²) in [6, 6.07) is 19.4. The Bertz CT molecular complexity index is 724. The highest BCUT2D eigenvalue weighted by atomic mass is 16.5. The highest BCUT2D eigenvalue weighted by Gasteiger charge is 2.41. The summed E-state index contributed by atoms with van der Waals surface area (Å²) < 4.78 is 11.7. The molecule has 1 aliphatic rings. The zero-order chi connectivity index (χ0) is 20.0. The van der Waals surface area contributed by atoms with Crippen LogP contribution in [-0.2, 0) is 16.7 Å². The molecule has 2 aromatic carbocycles. The molecule has 1 fully saturated rings. The van der Waals surface area contributed by atoms with E-state index in [1.165, 1.54) is 11.1 Å². The normalized spacial score (nSPS) is 21.6. The van der Waals surface area contributed by atoms with Crippen LogP contribution in [0.1, 0.15) is 58.1 Å². The van der Waals surface area contributed by atoms with Crippen LogP contribution in [0.5, 0.6) is 5.75 Å². The lowest BCUT2D eigenvalue weighted by molar-refractivity contribution is -0.0840. The van der Waals surface area contributed by atoms with Gasteiger partial charge in [0, 0.05) is 18.6 Å². The van der Waals surface area contributed by atoms with Gasteiger partial charge < -0.3 is 14.8 Å². The van der Waals surface area contributed by atoms with Gasteiger partial charge in [0.05, 0.1) is 11.7 Å². The smallest absolute Gasteiger partial charge is 0.119 e. The van der Waals surface area contributed by atoms with E-state index in [-0.39, 0.29) is 17.1 Å². The first kappa shape index (κ1) is 20.9. The molecular formula is C25H35NO2. The van der Waals surface area contributed by atoms with E-state index in [0.717, 1.165) is 44.7 Å². The predicted octanol–water partition coefficient (Wildman–Crippen LogP) is 5.48. The van der Waals surface area contributed by atoms with E-state index in [1.807, 2.05) is 0 Å². The van der Waals surface area contributed by atoms with Crippen molar-refractivity contribution in [3.63, 3.8) is 0 Å². The maximum Gasteiger partial charge on any atom is 0.119 e. The standard InChI is InChI=1S/C25H35NO2/c1-20(2)28-23-12-10-21(11-13-23)18-26-16-14-25(22-8-6-5-7-9-22)15-17-27-24(3,4)19-25/h5-13,20,26H,14-19H2,1-4H3.